The average Bonchev–Trinajstić information content (AvgIpc) is 3.31. The number of nitrogens with two attached hydrogens (primary N) is 2. The van der Waals surface area contributed by atoms with Crippen molar-refractivity contribution in [2.75, 3.05) is 31.6 Å². The number of fused-ring (bicyclic) bond motifs is 2. The summed E-state index contributed by atoms with van der Waals surface area (Å²) in [7, 11) is 1.73. The van der Waals surface area contributed by atoms with Crippen molar-refractivity contribution in [3.05, 3.63) is 30.7 Å². The normalized spacial score (nSPS) is 16.3. The van der Waals surface area contributed by atoms with Crippen molar-refractivity contribution >= 4 is 28.4 Å². The molecule has 1 saturated heterocycles. The third-order valence-corrected chi connectivity index (χ3v) is 5.21. The SMILES string of the molecule is CN1CCCC(F)(F)C1.Nc1nc(N)c2c(-c3ccc4ncn(CC(F)F)c4n3)ccn2n1. The topological polar surface area (TPSA) is 116 Å². The lowest BCUT2D eigenvalue weighted by Crippen LogP contribution is -2.39. The minimum atomic E-state index is -2.49. The standard InChI is InChI=1S/C14H12F2N8.C6H11F2N/c15-10(16)5-23-6-19-9-2-1-8(20-13(9)23)7-3-4-24-11(7)12(17)21-14(18)22-24;1-9-4-2-3-6(7,8)5-9/h1-4,6,10H,5H2,(H4,17,18,21,22);2-5H2,1H3. The maximum Gasteiger partial charge on any atom is 0.260 e. The van der Waals surface area contributed by atoms with E-state index in [0.717, 1.165) is 6.54 Å². The predicted molar refractivity (Wildman–Crippen MR) is 116 cm³/mol. The molecule has 0 aromatic carbocycles. The van der Waals surface area contributed by atoms with Crippen LogP contribution < -0.4 is 11.5 Å². The molecule has 4 aromatic rings. The van der Waals surface area contributed by atoms with Gasteiger partial charge in [-0.2, -0.15) is 4.98 Å². The molecule has 4 N–H and O–H groups in total. The minimum absolute atomic E-state index is 0.0561. The van der Waals surface area contributed by atoms with Gasteiger partial charge < -0.3 is 20.9 Å². The van der Waals surface area contributed by atoms with Gasteiger partial charge in [0, 0.05) is 18.2 Å². The quantitative estimate of drug-likeness (QED) is 0.447. The van der Waals surface area contributed by atoms with E-state index >= 15 is 0 Å². The van der Waals surface area contributed by atoms with Gasteiger partial charge in [0.05, 0.1) is 25.1 Å². The van der Waals surface area contributed by atoms with Crippen LogP contribution in [-0.2, 0) is 6.54 Å². The monoisotopic (exact) mass is 465 g/mol. The van der Waals surface area contributed by atoms with Crippen molar-refractivity contribution in [1.29, 1.82) is 0 Å². The Hall–Kier alpha value is -3.48. The molecule has 5 rings (SSSR count). The van der Waals surface area contributed by atoms with Gasteiger partial charge in [-0.15, -0.1) is 5.10 Å². The molecule has 0 aliphatic carbocycles. The van der Waals surface area contributed by atoms with Crippen LogP contribution in [0.2, 0.25) is 0 Å². The van der Waals surface area contributed by atoms with Gasteiger partial charge in [-0.1, -0.05) is 0 Å². The number of anilines is 2. The van der Waals surface area contributed by atoms with Crippen molar-refractivity contribution in [2.45, 2.75) is 31.7 Å². The summed E-state index contributed by atoms with van der Waals surface area (Å²) in [5, 5.41) is 4.05. The molecule has 0 atom stereocenters. The molecule has 1 fully saturated rings. The summed E-state index contributed by atoms with van der Waals surface area (Å²) in [5.74, 6) is -2.15. The highest BCUT2D eigenvalue weighted by Crippen LogP contribution is 2.29. The van der Waals surface area contributed by atoms with Crippen LogP contribution >= 0.6 is 0 Å². The number of pyridine rings is 1. The van der Waals surface area contributed by atoms with E-state index in [0.29, 0.717) is 34.4 Å². The van der Waals surface area contributed by atoms with Crippen LogP contribution in [0, 0.1) is 0 Å². The Labute approximate surface area is 186 Å². The van der Waals surface area contributed by atoms with Crippen molar-refractivity contribution in [2.24, 2.45) is 0 Å². The predicted octanol–water partition coefficient (Wildman–Crippen LogP) is 2.92. The fourth-order valence-electron chi connectivity index (χ4n) is 3.81. The Morgan fingerprint density at radius 2 is 1.94 bits per heavy atom. The molecule has 33 heavy (non-hydrogen) atoms. The number of hydrogen-bond acceptors (Lipinski definition) is 7. The Morgan fingerprint density at radius 3 is 2.61 bits per heavy atom. The fraction of sp³-hybridized carbons (Fsp3) is 0.400. The number of alkyl halides is 4. The maximum atomic E-state index is 12.7. The first-order valence-electron chi connectivity index (χ1n) is 10.2. The van der Waals surface area contributed by atoms with E-state index < -0.39 is 18.9 Å². The third-order valence-electron chi connectivity index (χ3n) is 5.21. The first kappa shape index (κ1) is 22.7. The molecule has 176 valence electrons. The highest BCUT2D eigenvalue weighted by Gasteiger charge is 2.33. The summed E-state index contributed by atoms with van der Waals surface area (Å²) >= 11 is 0. The molecule has 0 saturated carbocycles. The van der Waals surface area contributed by atoms with Crippen LogP contribution in [0.15, 0.2) is 30.7 Å². The fourth-order valence-corrected chi connectivity index (χ4v) is 3.81. The smallest absolute Gasteiger partial charge is 0.260 e. The number of imidazole rings is 1. The molecule has 0 unspecified atom stereocenters. The van der Waals surface area contributed by atoms with Gasteiger partial charge in [0.2, 0.25) is 5.95 Å². The van der Waals surface area contributed by atoms with Crippen molar-refractivity contribution < 1.29 is 17.6 Å². The van der Waals surface area contributed by atoms with Crippen molar-refractivity contribution in [3.63, 3.8) is 0 Å². The van der Waals surface area contributed by atoms with E-state index in [1.54, 1.807) is 36.3 Å². The van der Waals surface area contributed by atoms with E-state index in [1.165, 1.54) is 15.4 Å². The Kier molecular flexibility index (Phi) is 6.06. The second-order valence-electron chi connectivity index (χ2n) is 7.90. The molecule has 9 nitrogen and oxygen atoms in total. The van der Waals surface area contributed by atoms with Crippen LogP contribution in [0.4, 0.5) is 29.3 Å². The number of aromatic nitrogens is 6. The zero-order chi connectivity index (χ0) is 23.8. The lowest BCUT2D eigenvalue weighted by atomic mass is 10.1. The summed E-state index contributed by atoms with van der Waals surface area (Å²) in [6.07, 6.45) is 1.24. The van der Waals surface area contributed by atoms with Crippen molar-refractivity contribution in [3.8, 4) is 11.3 Å². The first-order chi connectivity index (χ1) is 15.6. The van der Waals surface area contributed by atoms with Crippen LogP contribution in [0.3, 0.4) is 0 Å². The van der Waals surface area contributed by atoms with Gasteiger partial charge in [-0.3, -0.25) is 0 Å². The Balaban J connectivity index is 0.000000243. The first-order valence-corrected chi connectivity index (χ1v) is 10.2. The molecule has 13 heteroatoms. The molecular formula is C20H23F4N9. The van der Waals surface area contributed by atoms with Gasteiger partial charge >= 0.3 is 0 Å². The van der Waals surface area contributed by atoms with Gasteiger partial charge in [0.15, 0.2) is 11.5 Å². The van der Waals surface area contributed by atoms with Gasteiger partial charge in [0.25, 0.3) is 12.3 Å². The molecule has 0 amide bonds. The number of hydrogen-bond donors (Lipinski definition) is 2. The van der Waals surface area contributed by atoms with E-state index in [4.69, 9.17) is 11.5 Å². The van der Waals surface area contributed by atoms with Crippen LogP contribution in [0.25, 0.3) is 27.9 Å². The summed E-state index contributed by atoms with van der Waals surface area (Å²) in [6.45, 7) is 0.286. The molecule has 0 radical (unpaired) electrons. The summed E-state index contributed by atoms with van der Waals surface area (Å²) in [5.41, 5.74) is 14.2. The molecule has 0 bridgehead atoms. The third kappa shape index (κ3) is 4.97. The number of halogens is 4. The van der Waals surface area contributed by atoms with E-state index in [2.05, 4.69) is 20.1 Å². The van der Waals surface area contributed by atoms with Crippen LogP contribution in [-0.4, -0.2) is 66.5 Å². The molecular weight excluding hydrogens is 442 g/mol. The number of rotatable bonds is 3. The highest BCUT2D eigenvalue weighted by atomic mass is 19.3. The second kappa shape index (κ2) is 8.81. The molecule has 0 spiro atoms. The van der Waals surface area contributed by atoms with Crippen LogP contribution in [0.5, 0.6) is 0 Å². The summed E-state index contributed by atoms with van der Waals surface area (Å²) in [6, 6.07) is 5.23. The maximum absolute atomic E-state index is 12.7. The number of likely N-dealkylation sites (tertiary alicyclic amines) is 1. The zero-order valence-corrected chi connectivity index (χ0v) is 17.8. The summed E-state index contributed by atoms with van der Waals surface area (Å²) in [4.78, 5) is 14.2. The van der Waals surface area contributed by atoms with Crippen LogP contribution in [0.1, 0.15) is 12.8 Å². The largest absolute Gasteiger partial charge is 0.382 e. The van der Waals surface area contributed by atoms with Gasteiger partial charge in [0.1, 0.15) is 11.0 Å². The van der Waals surface area contributed by atoms with Gasteiger partial charge in [-0.25, -0.2) is 32.0 Å². The Bertz CT molecular complexity index is 1270. The van der Waals surface area contributed by atoms with Crippen molar-refractivity contribution in [1.82, 2.24) is 34.0 Å². The Morgan fingerprint density at radius 1 is 1.15 bits per heavy atom. The van der Waals surface area contributed by atoms with E-state index in [9.17, 15) is 17.6 Å². The molecule has 4 aromatic heterocycles. The van der Waals surface area contributed by atoms with E-state index in [-0.39, 0.29) is 24.7 Å². The summed E-state index contributed by atoms with van der Waals surface area (Å²) < 4.78 is 53.0. The second-order valence-corrected chi connectivity index (χ2v) is 7.90. The van der Waals surface area contributed by atoms with Gasteiger partial charge in [-0.05, 0) is 38.2 Å². The van der Waals surface area contributed by atoms with E-state index in [1.807, 2.05) is 0 Å². The zero-order valence-electron chi connectivity index (χ0n) is 17.8. The molecule has 5 heterocycles. The minimum Gasteiger partial charge on any atom is -0.382 e. The molecule has 1 aliphatic rings. The number of piperidine rings is 1. The lowest BCUT2D eigenvalue weighted by molar-refractivity contribution is -0.0571. The molecule has 1 aliphatic heterocycles. The number of nitrogen functional groups attached to an aromatic ring is 2. The lowest BCUT2D eigenvalue weighted by Gasteiger charge is -2.28. The highest BCUT2D eigenvalue weighted by molar-refractivity contribution is 5.88. The number of nitrogens with zero attached hydrogens (tertiary/aromatic N) is 7. The average molecular weight is 465 g/mol.